The summed E-state index contributed by atoms with van der Waals surface area (Å²) in [4.78, 5) is 15.0. The van der Waals surface area contributed by atoms with E-state index in [-0.39, 0.29) is 17.5 Å². The Morgan fingerprint density at radius 1 is 1.23 bits per heavy atom. The van der Waals surface area contributed by atoms with Gasteiger partial charge in [0.05, 0.1) is 18.3 Å². The summed E-state index contributed by atoms with van der Waals surface area (Å²) >= 11 is 0. The Balaban J connectivity index is 1.82. The number of fused-ring (bicyclic) bond motifs is 1. The summed E-state index contributed by atoms with van der Waals surface area (Å²) in [6, 6.07) is 10.7. The molecule has 1 aromatic heterocycles. The molecule has 0 fully saturated rings. The van der Waals surface area contributed by atoms with Gasteiger partial charge < -0.3 is 19.5 Å². The fourth-order valence-corrected chi connectivity index (χ4v) is 3.95. The lowest BCUT2D eigenvalue weighted by Gasteiger charge is -2.26. The molecule has 1 unspecified atom stereocenters. The number of benzene rings is 2. The van der Waals surface area contributed by atoms with Gasteiger partial charge in [-0.15, -0.1) is 0 Å². The van der Waals surface area contributed by atoms with Gasteiger partial charge in [0.25, 0.3) is 5.91 Å². The van der Waals surface area contributed by atoms with E-state index >= 15 is 0 Å². The Kier molecular flexibility index (Phi) is 5.90. The highest BCUT2D eigenvalue weighted by Gasteiger charge is 2.42. The lowest BCUT2D eigenvalue weighted by atomic mass is 9.95. The predicted octanol–water partition coefficient (Wildman–Crippen LogP) is 3.90. The topological polar surface area (TPSA) is 87.7 Å². The highest BCUT2D eigenvalue weighted by Crippen LogP contribution is 2.44. The van der Waals surface area contributed by atoms with Crippen LogP contribution < -0.4 is 4.74 Å². The van der Waals surface area contributed by atoms with Crippen LogP contribution in [0.3, 0.4) is 0 Å². The Bertz CT molecular complexity index is 1080. The van der Waals surface area contributed by atoms with Crippen LogP contribution in [0.15, 0.2) is 42.5 Å². The molecule has 0 spiro atoms. The molecular weight excluding hydrogens is 401 g/mol. The first-order valence-corrected chi connectivity index (χ1v) is 10.1. The second kappa shape index (κ2) is 8.77. The van der Waals surface area contributed by atoms with Crippen molar-refractivity contribution in [2.45, 2.75) is 19.4 Å². The van der Waals surface area contributed by atoms with Crippen LogP contribution >= 0.6 is 0 Å². The number of aromatic amines is 1. The Morgan fingerprint density at radius 3 is 2.71 bits per heavy atom. The zero-order valence-electron chi connectivity index (χ0n) is 17.4. The predicted molar refractivity (Wildman–Crippen MR) is 113 cm³/mol. The van der Waals surface area contributed by atoms with Gasteiger partial charge in [0.1, 0.15) is 11.5 Å². The SMILES string of the molecule is CCOc1cc(C2c3c(-c4ccc(F)cc4)n[nH]c3C(=O)N2CCCOC)ccc1O. The Morgan fingerprint density at radius 2 is 2.00 bits per heavy atom. The number of nitrogens with one attached hydrogen (secondary N) is 1. The first kappa shape index (κ1) is 20.9. The maximum absolute atomic E-state index is 13.5. The van der Waals surface area contributed by atoms with Crippen LogP contribution in [-0.4, -0.2) is 53.0 Å². The van der Waals surface area contributed by atoms with E-state index in [0.29, 0.717) is 48.9 Å². The number of carbonyl (C=O) groups is 1. The van der Waals surface area contributed by atoms with E-state index in [1.54, 1.807) is 42.3 Å². The summed E-state index contributed by atoms with van der Waals surface area (Å²) in [5.41, 5.74) is 3.22. The van der Waals surface area contributed by atoms with Crippen LogP contribution in [-0.2, 0) is 4.74 Å². The van der Waals surface area contributed by atoms with E-state index in [0.717, 1.165) is 11.1 Å². The molecule has 1 aliphatic rings. The monoisotopic (exact) mass is 425 g/mol. The number of aromatic nitrogens is 2. The minimum absolute atomic E-state index is 0.0343. The number of phenolic OH excluding ortho intramolecular Hbond substituents is 1. The molecule has 7 nitrogen and oxygen atoms in total. The number of hydrogen-bond acceptors (Lipinski definition) is 5. The first-order valence-electron chi connectivity index (χ1n) is 10.1. The molecule has 1 aliphatic heterocycles. The third kappa shape index (κ3) is 3.86. The van der Waals surface area contributed by atoms with Crippen molar-refractivity contribution < 1.29 is 23.8 Å². The zero-order valence-corrected chi connectivity index (χ0v) is 17.4. The number of phenols is 1. The maximum Gasteiger partial charge on any atom is 0.273 e. The van der Waals surface area contributed by atoms with E-state index in [4.69, 9.17) is 9.47 Å². The first-order chi connectivity index (χ1) is 15.0. The fourth-order valence-electron chi connectivity index (χ4n) is 3.95. The highest BCUT2D eigenvalue weighted by atomic mass is 19.1. The van der Waals surface area contributed by atoms with E-state index < -0.39 is 6.04 Å². The molecule has 1 amide bonds. The molecule has 0 bridgehead atoms. The number of hydrogen-bond donors (Lipinski definition) is 2. The van der Waals surface area contributed by atoms with Crippen LogP contribution in [0.2, 0.25) is 0 Å². The lowest BCUT2D eigenvalue weighted by molar-refractivity contribution is 0.0723. The smallest absolute Gasteiger partial charge is 0.273 e. The van der Waals surface area contributed by atoms with Gasteiger partial charge in [0.15, 0.2) is 11.5 Å². The number of aromatic hydroxyl groups is 1. The number of ether oxygens (including phenoxy) is 2. The Labute approximate surface area is 179 Å². The van der Waals surface area contributed by atoms with Crippen molar-refractivity contribution in [3.63, 3.8) is 0 Å². The third-order valence-corrected chi connectivity index (χ3v) is 5.33. The van der Waals surface area contributed by atoms with Gasteiger partial charge in [-0.2, -0.15) is 5.10 Å². The molecule has 8 heteroatoms. The van der Waals surface area contributed by atoms with Crippen molar-refractivity contribution in [1.82, 2.24) is 15.1 Å². The molecule has 0 radical (unpaired) electrons. The number of methoxy groups -OCH3 is 1. The standard InChI is InChI=1S/C23H24FN3O4/c1-3-31-18-13-15(7-10-17(18)28)22-19-20(14-5-8-16(24)9-6-14)25-26-21(19)23(29)27(22)11-4-12-30-2/h5-10,13,22,28H,3-4,11-12H2,1-2H3,(H,25,26). The van der Waals surface area contributed by atoms with Crippen molar-refractivity contribution in [1.29, 1.82) is 0 Å². The summed E-state index contributed by atoms with van der Waals surface area (Å²) in [6.45, 7) is 3.24. The largest absolute Gasteiger partial charge is 0.504 e. The van der Waals surface area contributed by atoms with E-state index in [2.05, 4.69) is 10.2 Å². The molecule has 0 saturated carbocycles. The maximum atomic E-state index is 13.5. The number of halogens is 1. The third-order valence-electron chi connectivity index (χ3n) is 5.33. The van der Waals surface area contributed by atoms with Gasteiger partial charge in [-0.3, -0.25) is 9.89 Å². The molecule has 1 atom stereocenters. The lowest BCUT2D eigenvalue weighted by Crippen LogP contribution is -2.31. The molecule has 2 heterocycles. The van der Waals surface area contributed by atoms with E-state index in [1.165, 1.54) is 12.1 Å². The highest BCUT2D eigenvalue weighted by molar-refractivity contribution is 6.00. The van der Waals surface area contributed by atoms with Gasteiger partial charge in [0.2, 0.25) is 0 Å². The van der Waals surface area contributed by atoms with Crippen molar-refractivity contribution >= 4 is 5.91 Å². The molecule has 31 heavy (non-hydrogen) atoms. The average Bonchev–Trinajstić information content (AvgIpc) is 3.30. The zero-order chi connectivity index (χ0) is 22.0. The summed E-state index contributed by atoms with van der Waals surface area (Å²) in [5, 5.41) is 17.4. The average molecular weight is 425 g/mol. The van der Waals surface area contributed by atoms with Crippen LogP contribution in [0.4, 0.5) is 4.39 Å². The normalized spacial score (nSPS) is 15.4. The second-order valence-electron chi connectivity index (χ2n) is 7.28. The summed E-state index contributed by atoms with van der Waals surface area (Å²) in [7, 11) is 1.62. The second-order valence-corrected chi connectivity index (χ2v) is 7.28. The van der Waals surface area contributed by atoms with Crippen LogP contribution in [0, 0.1) is 5.82 Å². The molecule has 0 saturated heterocycles. The number of H-pyrrole nitrogens is 1. The number of nitrogens with zero attached hydrogens (tertiary/aromatic N) is 2. The summed E-state index contributed by atoms with van der Waals surface area (Å²) < 4.78 is 24.2. The van der Waals surface area contributed by atoms with Crippen LogP contribution in [0.25, 0.3) is 11.3 Å². The fraction of sp³-hybridized carbons (Fsp3) is 0.304. The minimum atomic E-state index is -0.432. The summed E-state index contributed by atoms with van der Waals surface area (Å²) in [6.07, 6.45) is 0.665. The molecule has 2 N–H and O–H groups in total. The van der Waals surface area contributed by atoms with Crippen molar-refractivity contribution in [2.75, 3.05) is 26.9 Å². The Hall–Kier alpha value is -3.39. The van der Waals surface area contributed by atoms with Crippen molar-refractivity contribution in [3.05, 3.63) is 65.1 Å². The van der Waals surface area contributed by atoms with Crippen LogP contribution in [0.5, 0.6) is 11.5 Å². The summed E-state index contributed by atoms with van der Waals surface area (Å²) in [5.74, 6) is -0.121. The number of amides is 1. The molecule has 2 aromatic carbocycles. The quantitative estimate of drug-likeness (QED) is 0.535. The van der Waals surface area contributed by atoms with E-state index in [1.807, 2.05) is 6.92 Å². The molecule has 4 rings (SSSR count). The molecule has 3 aromatic rings. The van der Waals surface area contributed by atoms with Gasteiger partial charge in [-0.05, 0) is 55.3 Å². The van der Waals surface area contributed by atoms with Crippen molar-refractivity contribution in [2.24, 2.45) is 0 Å². The molecular formula is C23H24FN3O4. The number of rotatable bonds is 8. The number of carbonyl (C=O) groups excluding carboxylic acids is 1. The van der Waals surface area contributed by atoms with Gasteiger partial charge in [-0.25, -0.2) is 4.39 Å². The molecule has 0 aliphatic carbocycles. The van der Waals surface area contributed by atoms with Gasteiger partial charge in [0, 0.05) is 31.4 Å². The van der Waals surface area contributed by atoms with Gasteiger partial charge >= 0.3 is 0 Å². The minimum Gasteiger partial charge on any atom is -0.504 e. The van der Waals surface area contributed by atoms with Gasteiger partial charge in [-0.1, -0.05) is 6.07 Å². The van der Waals surface area contributed by atoms with Crippen molar-refractivity contribution in [3.8, 4) is 22.8 Å². The van der Waals surface area contributed by atoms with Crippen LogP contribution in [0.1, 0.15) is 41.0 Å². The molecule has 162 valence electrons. The van der Waals surface area contributed by atoms with E-state index in [9.17, 15) is 14.3 Å².